The van der Waals surface area contributed by atoms with Crippen molar-refractivity contribution in [3.05, 3.63) is 0 Å². The predicted octanol–water partition coefficient (Wildman–Crippen LogP) is -0.0160. The van der Waals surface area contributed by atoms with Crippen LogP contribution < -0.4 is 5.32 Å². The third-order valence-electron chi connectivity index (χ3n) is 2.30. The van der Waals surface area contributed by atoms with E-state index >= 15 is 0 Å². The average molecular weight is 142 g/mol. The van der Waals surface area contributed by atoms with Crippen molar-refractivity contribution in [3.63, 3.8) is 0 Å². The smallest absolute Gasteiger partial charge is 0.109 e. The van der Waals surface area contributed by atoms with E-state index in [9.17, 15) is 0 Å². The summed E-state index contributed by atoms with van der Waals surface area (Å²) >= 11 is 0. The zero-order valence-corrected chi connectivity index (χ0v) is 6.34. The third kappa shape index (κ3) is 1.05. The zero-order chi connectivity index (χ0) is 6.97. The molecule has 10 heavy (non-hydrogen) atoms. The Labute approximate surface area is 61.3 Å². The average Bonchev–Trinajstić information content (AvgIpc) is 2.31. The molecule has 0 radical (unpaired) electrons. The van der Waals surface area contributed by atoms with Crippen molar-refractivity contribution in [2.75, 3.05) is 20.1 Å². The first kappa shape index (κ1) is 6.58. The summed E-state index contributed by atoms with van der Waals surface area (Å²) in [5, 5.41) is 5.32. The number of hydroxylamine groups is 2. The highest BCUT2D eigenvalue weighted by Gasteiger charge is 2.33. The molecule has 2 aliphatic heterocycles. The normalized spacial score (nSPS) is 41.7. The Morgan fingerprint density at radius 3 is 2.90 bits per heavy atom. The van der Waals surface area contributed by atoms with Gasteiger partial charge in [-0.05, 0) is 19.4 Å². The van der Waals surface area contributed by atoms with Gasteiger partial charge in [-0.1, -0.05) is 0 Å². The van der Waals surface area contributed by atoms with E-state index in [4.69, 9.17) is 4.84 Å². The van der Waals surface area contributed by atoms with Gasteiger partial charge in [0.05, 0.1) is 6.54 Å². The number of nitrogens with zero attached hydrogens (tertiary/aromatic N) is 1. The van der Waals surface area contributed by atoms with Gasteiger partial charge in [-0.15, -0.1) is 0 Å². The number of hydrogen-bond donors (Lipinski definition) is 1. The molecule has 0 aromatic carbocycles. The van der Waals surface area contributed by atoms with Gasteiger partial charge in [0.1, 0.15) is 6.10 Å². The molecule has 3 nitrogen and oxygen atoms in total. The van der Waals surface area contributed by atoms with Crippen LogP contribution in [0.5, 0.6) is 0 Å². The molecule has 2 rings (SSSR count). The second-order valence-corrected chi connectivity index (χ2v) is 3.16. The van der Waals surface area contributed by atoms with Crippen LogP contribution in [0.2, 0.25) is 0 Å². The number of rotatable bonds is 1. The molecule has 0 bridgehead atoms. The van der Waals surface area contributed by atoms with Crippen molar-refractivity contribution < 1.29 is 4.84 Å². The van der Waals surface area contributed by atoms with E-state index in [-0.39, 0.29) is 0 Å². The molecule has 0 aromatic rings. The lowest BCUT2D eigenvalue weighted by Crippen LogP contribution is -2.54. The molecule has 2 saturated heterocycles. The van der Waals surface area contributed by atoms with Crippen molar-refractivity contribution in [1.29, 1.82) is 0 Å². The Hall–Kier alpha value is -0.120. The molecule has 2 fully saturated rings. The van der Waals surface area contributed by atoms with Crippen LogP contribution >= 0.6 is 0 Å². The minimum Gasteiger partial charge on any atom is -0.311 e. The van der Waals surface area contributed by atoms with Crippen LogP contribution in [0.3, 0.4) is 0 Å². The summed E-state index contributed by atoms with van der Waals surface area (Å²) in [7, 11) is 1.98. The van der Waals surface area contributed by atoms with Gasteiger partial charge in [-0.2, -0.15) is 5.06 Å². The van der Waals surface area contributed by atoms with Crippen LogP contribution in [0.1, 0.15) is 12.8 Å². The third-order valence-corrected chi connectivity index (χ3v) is 2.30. The standard InChI is InChI=1S/C7H14N2O/c1-9-5-7(10-9)6-3-2-4-8-6/h6-8H,2-5H2,1H3/t6-,7+/m0/s1. The molecule has 1 N–H and O–H groups in total. The van der Waals surface area contributed by atoms with Crippen molar-refractivity contribution >= 4 is 0 Å². The number of hydrogen-bond acceptors (Lipinski definition) is 3. The van der Waals surface area contributed by atoms with Gasteiger partial charge in [0.2, 0.25) is 0 Å². The molecule has 0 spiro atoms. The fourth-order valence-corrected chi connectivity index (χ4v) is 1.71. The Balaban J connectivity index is 1.78. The minimum atomic E-state index is 0.465. The van der Waals surface area contributed by atoms with E-state index in [2.05, 4.69) is 5.32 Å². The largest absolute Gasteiger partial charge is 0.311 e. The second kappa shape index (κ2) is 2.49. The fourth-order valence-electron chi connectivity index (χ4n) is 1.71. The lowest BCUT2D eigenvalue weighted by Gasteiger charge is -2.39. The van der Waals surface area contributed by atoms with Gasteiger partial charge in [0.25, 0.3) is 0 Å². The molecule has 2 atom stereocenters. The van der Waals surface area contributed by atoms with E-state index in [1.54, 1.807) is 0 Å². The van der Waals surface area contributed by atoms with E-state index in [1.165, 1.54) is 19.4 Å². The maximum absolute atomic E-state index is 5.39. The van der Waals surface area contributed by atoms with E-state index < -0.39 is 0 Å². The highest BCUT2D eigenvalue weighted by atomic mass is 16.7. The van der Waals surface area contributed by atoms with E-state index in [0.717, 1.165) is 6.54 Å². The summed E-state index contributed by atoms with van der Waals surface area (Å²) in [5.41, 5.74) is 0. The molecule has 0 aliphatic carbocycles. The van der Waals surface area contributed by atoms with Gasteiger partial charge >= 0.3 is 0 Å². The summed E-state index contributed by atoms with van der Waals surface area (Å²) in [6, 6.07) is 0.635. The van der Waals surface area contributed by atoms with Crippen molar-refractivity contribution in [2.24, 2.45) is 0 Å². The van der Waals surface area contributed by atoms with Gasteiger partial charge in [-0.25, -0.2) is 0 Å². The van der Waals surface area contributed by atoms with Gasteiger partial charge in [0.15, 0.2) is 0 Å². The first-order valence-corrected chi connectivity index (χ1v) is 3.97. The highest BCUT2D eigenvalue weighted by Crippen LogP contribution is 2.19. The van der Waals surface area contributed by atoms with Crippen molar-refractivity contribution in [1.82, 2.24) is 10.4 Å². The molecular weight excluding hydrogens is 128 g/mol. The first-order valence-electron chi connectivity index (χ1n) is 3.97. The summed E-state index contributed by atoms with van der Waals surface area (Å²) < 4.78 is 0. The molecule has 3 heteroatoms. The topological polar surface area (TPSA) is 24.5 Å². The molecule has 0 amide bonds. The lowest BCUT2D eigenvalue weighted by molar-refractivity contribution is -0.288. The van der Waals surface area contributed by atoms with Gasteiger partial charge < -0.3 is 5.32 Å². The van der Waals surface area contributed by atoms with Crippen LogP contribution in [0.15, 0.2) is 0 Å². The maximum Gasteiger partial charge on any atom is 0.109 e. The van der Waals surface area contributed by atoms with Crippen LogP contribution in [-0.4, -0.2) is 37.3 Å². The molecule has 0 saturated carbocycles. The Morgan fingerprint density at radius 1 is 1.60 bits per heavy atom. The Kier molecular flexibility index (Phi) is 1.64. The molecule has 0 aromatic heterocycles. The van der Waals surface area contributed by atoms with Crippen molar-refractivity contribution in [2.45, 2.75) is 25.0 Å². The zero-order valence-electron chi connectivity index (χ0n) is 6.34. The quantitative estimate of drug-likeness (QED) is 0.557. The Morgan fingerprint density at radius 2 is 2.40 bits per heavy atom. The van der Waals surface area contributed by atoms with E-state index in [0.29, 0.717) is 12.1 Å². The number of nitrogens with one attached hydrogen (secondary N) is 1. The lowest BCUT2D eigenvalue weighted by atomic mass is 10.1. The summed E-state index contributed by atoms with van der Waals surface area (Å²) in [6.45, 7) is 2.27. The summed E-state index contributed by atoms with van der Waals surface area (Å²) in [4.78, 5) is 5.39. The highest BCUT2D eigenvalue weighted by molar-refractivity contribution is 4.86. The summed E-state index contributed by atoms with van der Waals surface area (Å²) in [6.07, 6.45) is 3.07. The summed E-state index contributed by atoms with van der Waals surface area (Å²) in [5.74, 6) is 0. The molecule has 2 aliphatic rings. The fraction of sp³-hybridized carbons (Fsp3) is 1.00. The first-order chi connectivity index (χ1) is 4.86. The minimum absolute atomic E-state index is 0.465. The monoisotopic (exact) mass is 142 g/mol. The second-order valence-electron chi connectivity index (χ2n) is 3.16. The molecule has 58 valence electrons. The van der Waals surface area contributed by atoms with Crippen LogP contribution in [-0.2, 0) is 4.84 Å². The molecule has 0 unspecified atom stereocenters. The number of likely N-dealkylation sites (N-methyl/N-ethyl adjacent to an activating group) is 1. The Bertz CT molecular complexity index is 117. The van der Waals surface area contributed by atoms with Crippen LogP contribution in [0.25, 0.3) is 0 Å². The molecular formula is C7H14N2O. The van der Waals surface area contributed by atoms with Gasteiger partial charge in [0, 0.05) is 13.1 Å². The predicted molar refractivity (Wildman–Crippen MR) is 38.5 cm³/mol. The maximum atomic E-state index is 5.39. The van der Waals surface area contributed by atoms with Crippen LogP contribution in [0.4, 0.5) is 0 Å². The van der Waals surface area contributed by atoms with Crippen molar-refractivity contribution in [3.8, 4) is 0 Å². The molecule has 2 heterocycles. The van der Waals surface area contributed by atoms with E-state index in [1.807, 2.05) is 12.1 Å². The van der Waals surface area contributed by atoms with Crippen LogP contribution in [0, 0.1) is 0 Å². The van der Waals surface area contributed by atoms with Gasteiger partial charge in [-0.3, -0.25) is 4.84 Å². The SMILES string of the molecule is CN1C[C@H]([C@@H]2CCCN2)O1.